The Hall–Kier alpha value is -2.64. The Bertz CT molecular complexity index is 1340. The predicted molar refractivity (Wildman–Crippen MR) is 174 cm³/mol. The minimum absolute atomic E-state index is 0.466. The van der Waals surface area contributed by atoms with Gasteiger partial charge in [-0.1, -0.05) is 138 Å². The minimum Gasteiger partial charge on any atom is -0.0677 e. The number of benzene rings is 3. The average Bonchev–Trinajstić information content (AvgIpc) is 3.39. The van der Waals surface area contributed by atoms with Gasteiger partial charge in [0, 0.05) is 11.1 Å². The van der Waals surface area contributed by atoms with Crippen LogP contribution in [0.5, 0.6) is 0 Å². The summed E-state index contributed by atoms with van der Waals surface area (Å²) < 4.78 is 0. The standard InChI is InChI=1S/C38H47Si/c1-22(2)28-18-31(24(5)6)33-16-26(9)37(35(33)20-28)39(30-14-12-11-13-15-30)38-27(10)17-34-32(25(7)8)19-29(23(3)4)21-36(34)38/h11-25,37-38H,1-10H3. The van der Waals surface area contributed by atoms with Crippen LogP contribution in [0.3, 0.4) is 0 Å². The van der Waals surface area contributed by atoms with Gasteiger partial charge in [-0.05, 0) is 82.0 Å². The van der Waals surface area contributed by atoms with Gasteiger partial charge in [-0.3, -0.25) is 0 Å². The topological polar surface area (TPSA) is 0 Å². The van der Waals surface area contributed by atoms with Crippen LogP contribution in [0.4, 0.5) is 0 Å². The van der Waals surface area contributed by atoms with Gasteiger partial charge in [-0.15, -0.1) is 0 Å². The summed E-state index contributed by atoms with van der Waals surface area (Å²) in [6, 6.07) is 21.7. The molecule has 3 aromatic rings. The molecule has 0 saturated carbocycles. The monoisotopic (exact) mass is 531 g/mol. The molecule has 0 aliphatic heterocycles. The lowest BCUT2D eigenvalue weighted by Gasteiger charge is -2.33. The molecule has 3 aromatic carbocycles. The molecule has 5 rings (SSSR count). The molecule has 1 heteroatoms. The third-order valence-corrected chi connectivity index (χ3v) is 12.9. The highest BCUT2D eigenvalue weighted by atomic mass is 28.3. The SMILES string of the molecule is CC1=Cc2c(C(C)C)cc(C(C)C)cc2C1[Si](c1ccccc1)C1C(C)=Cc2c(C(C)C)cc(C(C)C)cc21. The van der Waals surface area contributed by atoms with Crippen LogP contribution in [0.25, 0.3) is 12.2 Å². The highest BCUT2D eigenvalue weighted by Gasteiger charge is 2.43. The van der Waals surface area contributed by atoms with Gasteiger partial charge in [-0.25, -0.2) is 0 Å². The highest BCUT2D eigenvalue weighted by Crippen LogP contribution is 2.50. The summed E-state index contributed by atoms with van der Waals surface area (Å²) in [4.78, 5) is 0. The first-order valence-corrected chi connectivity index (χ1v) is 16.8. The maximum Gasteiger partial charge on any atom is 0.110 e. The van der Waals surface area contributed by atoms with Crippen molar-refractivity contribution in [2.24, 2.45) is 0 Å². The molecule has 2 atom stereocenters. The van der Waals surface area contributed by atoms with Crippen molar-refractivity contribution < 1.29 is 0 Å². The van der Waals surface area contributed by atoms with Crippen molar-refractivity contribution in [3.63, 3.8) is 0 Å². The molecule has 2 unspecified atom stereocenters. The van der Waals surface area contributed by atoms with Crippen molar-refractivity contribution in [2.45, 2.75) is 104 Å². The van der Waals surface area contributed by atoms with Crippen molar-refractivity contribution >= 4 is 26.1 Å². The fourth-order valence-electron chi connectivity index (χ4n) is 6.95. The van der Waals surface area contributed by atoms with Crippen LogP contribution in [0.15, 0.2) is 65.7 Å². The Morgan fingerprint density at radius 3 is 1.31 bits per heavy atom. The molecule has 203 valence electrons. The first kappa shape index (κ1) is 27.9. The first-order chi connectivity index (χ1) is 18.5. The highest BCUT2D eigenvalue weighted by molar-refractivity contribution is 6.77. The second-order valence-corrected chi connectivity index (χ2v) is 16.0. The lowest BCUT2D eigenvalue weighted by atomic mass is 9.89. The molecule has 39 heavy (non-hydrogen) atoms. The zero-order valence-electron chi connectivity index (χ0n) is 25.8. The predicted octanol–water partition coefficient (Wildman–Crippen LogP) is 10.4. The lowest BCUT2D eigenvalue weighted by Crippen LogP contribution is -2.43. The van der Waals surface area contributed by atoms with Crippen LogP contribution in [-0.2, 0) is 0 Å². The van der Waals surface area contributed by atoms with Gasteiger partial charge in [0.2, 0.25) is 0 Å². The van der Waals surface area contributed by atoms with Crippen molar-refractivity contribution in [1.82, 2.24) is 0 Å². The summed E-state index contributed by atoms with van der Waals surface area (Å²) in [7, 11) is -1.10. The van der Waals surface area contributed by atoms with Gasteiger partial charge in [-0.2, -0.15) is 0 Å². The first-order valence-electron chi connectivity index (χ1n) is 15.1. The Kier molecular flexibility index (Phi) is 7.68. The second-order valence-electron chi connectivity index (χ2n) is 13.3. The smallest absolute Gasteiger partial charge is 0.0677 e. The zero-order chi connectivity index (χ0) is 28.2. The van der Waals surface area contributed by atoms with Gasteiger partial charge in [0.1, 0.15) is 8.80 Å². The molecule has 0 spiro atoms. The van der Waals surface area contributed by atoms with E-state index < -0.39 is 8.80 Å². The quantitative estimate of drug-likeness (QED) is 0.266. The molecule has 0 amide bonds. The normalized spacial score (nSPS) is 18.4. The maximum atomic E-state index is 2.58. The van der Waals surface area contributed by atoms with E-state index in [4.69, 9.17) is 0 Å². The molecule has 0 saturated heterocycles. The van der Waals surface area contributed by atoms with Crippen molar-refractivity contribution in [2.75, 3.05) is 0 Å². The van der Waals surface area contributed by atoms with E-state index in [0.29, 0.717) is 34.8 Å². The molecule has 0 bridgehead atoms. The molecule has 0 heterocycles. The fraction of sp³-hybridized carbons (Fsp3) is 0.421. The van der Waals surface area contributed by atoms with Crippen molar-refractivity contribution in [1.29, 1.82) is 0 Å². The molecule has 0 aromatic heterocycles. The molecular formula is C38H47Si. The molecular weight excluding hydrogens is 485 g/mol. The maximum absolute atomic E-state index is 2.58. The average molecular weight is 532 g/mol. The van der Waals surface area contributed by atoms with E-state index in [-0.39, 0.29) is 0 Å². The van der Waals surface area contributed by atoms with Gasteiger partial charge < -0.3 is 0 Å². The molecule has 0 nitrogen and oxygen atoms in total. The van der Waals surface area contributed by atoms with E-state index in [0.717, 1.165) is 0 Å². The Labute approximate surface area is 239 Å². The summed E-state index contributed by atoms with van der Waals surface area (Å²) in [5, 5.41) is 1.56. The van der Waals surface area contributed by atoms with Gasteiger partial charge in [0.05, 0.1) is 0 Å². The summed E-state index contributed by atoms with van der Waals surface area (Å²) in [5.74, 6) is 2.09. The lowest BCUT2D eigenvalue weighted by molar-refractivity contribution is 0.824. The van der Waals surface area contributed by atoms with E-state index in [2.05, 4.69) is 136 Å². The third-order valence-electron chi connectivity index (χ3n) is 9.12. The molecule has 0 fully saturated rings. The van der Waals surface area contributed by atoms with Gasteiger partial charge >= 0.3 is 0 Å². The van der Waals surface area contributed by atoms with E-state index in [1.165, 1.54) is 33.4 Å². The van der Waals surface area contributed by atoms with Crippen LogP contribution >= 0.6 is 0 Å². The van der Waals surface area contributed by atoms with Crippen LogP contribution in [0.1, 0.15) is 148 Å². The number of fused-ring (bicyclic) bond motifs is 2. The number of hydrogen-bond acceptors (Lipinski definition) is 0. The van der Waals surface area contributed by atoms with E-state index in [9.17, 15) is 0 Å². The fourth-order valence-corrected chi connectivity index (χ4v) is 10.8. The molecule has 2 aliphatic carbocycles. The van der Waals surface area contributed by atoms with Crippen molar-refractivity contribution in [3.8, 4) is 0 Å². The van der Waals surface area contributed by atoms with Crippen LogP contribution < -0.4 is 5.19 Å². The van der Waals surface area contributed by atoms with E-state index in [1.807, 2.05) is 0 Å². The van der Waals surface area contributed by atoms with E-state index >= 15 is 0 Å². The Morgan fingerprint density at radius 2 is 0.949 bits per heavy atom. The largest absolute Gasteiger partial charge is 0.110 e. The summed E-state index contributed by atoms with van der Waals surface area (Å²) in [5.41, 5.74) is 16.3. The Morgan fingerprint density at radius 1 is 0.538 bits per heavy atom. The summed E-state index contributed by atoms with van der Waals surface area (Å²) in [6.45, 7) is 23.7. The third kappa shape index (κ3) is 4.93. The number of hydrogen-bond donors (Lipinski definition) is 0. The van der Waals surface area contributed by atoms with Crippen LogP contribution in [0, 0.1) is 0 Å². The van der Waals surface area contributed by atoms with Crippen molar-refractivity contribution in [3.05, 3.63) is 110 Å². The molecule has 0 N–H and O–H groups in total. The minimum atomic E-state index is -1.10. The van der Waals surface area contributed by atoms with Crippen LogP contribution in [0.2, 0.25) is 0 Å². The Balaban J connectivity index is 1.77. The van der Waals surface area contributed by atoms with Gasteiger partial charge in [0.15, 0.2) is 0 Å². The summed E-state index contributed by atoms with van der Waals surface area (Å²) in [6.07, 6.45) is 5.10. The molecule has 1 radical (unpaired) electrons. The number of rotatable bonds is 7. The summed E-state index contributed by atoms with van der Waals surface area (Å²) >= 11 is 0. The van der Waals surface area contributed by atoms with Gasteiger partial charge in [0.25, 0.3) is 0 Å². The number of allylic oxidation sites excluding steroid dienone is 2. The second kappa shape index (κ2) is 10.7. The van der Waals surface area contributed by atoms with E-state index in [1.54, 1.807) is 27.5 Å². The van der Waals surface area contributed by atoms with Crippen LogP contribution in [-0.4, -0.2) is 8.80 Å². The zero-order valence-corrected chi connectivity index (χ0v) is 26.8. The molecule has 2 aliphatic rings.